The average Bonchev–Trinajstić information content (AvgIpc) is 2.90. The maximum atomic E-state index is 11.5. The summed E-state index contributed by atoms with van der Waals surface area (Å²) in [5.74, 6) is 0.0637. The molecule has 0 bridgehead atoms. The number of carbonyl (C=O) groups excluding carboxylic acids is 1. The molecule has 6 heteroatoms. The molecule has 116 valence electrons. The first kappa shape index (κ1) is 15.7. The Kier molecular flexibility index (Phi) is 4.46. The minimum absolute atomic E-state index is 0.0637. The van der Waals surface area contributed by atoms with Crippen LogP contribution in [-0.2, 0) is 17.8 Å². The summed E-state index contributed by atoms with van der Waals surface area (Å²) in [6.45, 7) is 2.80. The van der Waals surface area contributed by atoms with Gasteiger partial charge in [-0.15, -0.1) is 11.3 Å². The Balaban J connectivity index is 1.90. The van der Waals surface area contributed by atoms with Gasteiger partial charge in [0.2, 0.25) is 5.91 Å². The van der Waals surface area contributed by atoms with Crippen molar-refractivity contribution in [2.24, 2.45) is 4.99 Å². The zero-order chi connectivity index (χ0) is 16.4. The molecule has 2 aromatic rings. The van der Waals surface area contributed by atoms with E-state index < -0.39 is 0 Å². The third-order valence-corrected chi connectivity index (χ3v) is 5.17. The highest BCUT2D eigenvalue weighted by Crippen LogP contribution is 2.38. The van der Waals surface area contributed by atoms with Gasteiger partial charge in [-0.2, -0.15) is 5.26 Å². The quantitative estimate of drug-likeness (QED) is 0.776. The molecule has 0 N–H and O–H groups in total. The van der Waals surface area contributed by atoms with Crippen molar-refractivity contribution in [3.8, 4) is 6.07 Å². The summed E-state index contributed by atoms with van der Waals surface area (Å²) in [5, 5.41) is 10.8. The smallest absolute Gasteiger partial charge is 0.219 e. The van der Waals surface area contributed by atoms with E-state index in [9.17, 15) is 10.1 Å². The van der Waals surface area contributed by atoms with Crippen molar-refractivity contribution >= 4 is 40.1 Å². The summed E-state index contributed by atoms with van der Waals surface area (Å²) in [6.07, 6.45) is 2.45. The second-order valence-electron chi connectivity index (χ2n) is 5.30. The predicted octanol–water partition coefficient (Wildman–Crippen LogP) is 3.93. The molecular formula is C17H14ClN3OS. The Morgan fingerprint density at radius 2 is 2.17 bits per heavy atom. The van der Waals surface area contributed by atoms with Gasteiger partial charge in [0, 0.05) is 29.6 Å². The van der Waals surface area contributed by atoms with Crippen LogP contribution in [0, 0.1) is 11.3 Å². The number of amides is 1. The molecule has 0 aliphatic carbocycles. The summed E-state index contributed by atoms with van der Waals surface area (Å²) < 4.78 is 0. The molecule has 3 rings (SSSR count). The molecule has 4 nitrogen and oxygen atoms in total. The van der Waals surface area contributed by atoms with Gasteiger partial charge in [0.15, 0.2) is 0 Å². The van der Waals surface area contributed by atoms with Gasteiger partial charge in [-0.1, -0.05) is 23.7 Å². The van der Waals surface area contributed by atoms with E-state index in [1.807, 2.05) is 12.1 Å². The van der Waals surface area contributed by atoms with Crippen molar-refractivity contribution in [1.82, 2.24) is 4.90 Å². The van der Waals surface area contributed by atoms with E-state index in [1.54, 1.807) is 30.2 Å². The first-order chi connectivity index (χ1) is 11.1. The maximum absolute atomic E-state index is 11.5. The van der Waals surface area contributed by atoms with Crippen LogP contribution in [0.3, 0.4) is 0 Å². The fraction of sp³-hybridized carbons (Fsp3) is 0.235. The van der Waals surface area contributed by atoms with Crippen molar-refractivity contribution in [3.05, 3.63) is 50.9 Å². The average molecular weight is 344 g/mol. The Hall–Kier alpha value is -2.16. The molecule has 0 atom stereocenters. The molecule has 1 aromatic heterocycles. The SMILES string of the molecule is CC(=O)N1CCc2c(sc(N=Cc3ccc(Cl)cc3)c2C#N)C1. The zero-order valence-corrected chi connectivity index (χ0v) is 14.1. The topological polar surface area (TPSA) is 56.5 Å². The van der Waals surface area contributed by atoms with E-state index in [0.717, 1.165) is 16.0 Å². The number of aliphatic imine (C=N–C) groups is 1. The van der Waals surface area contributed by atoms with Crippen LogP contribution in [0.4, 0.5) is 5.00 Å². The number of carbonyl (C=O) groups is 1. The van der Waals surface area contributed by atoms with E-state index in [4.69, 9.17) is 11.6 Å². The monoisotopic (exact) mass is 343 g/mol. The standard InChI is InChI=1S/C17H14ClN3OS/c1-11(22)21-7-6-14-15(8-19)17(23-16(14)10-21)20-9-12-2-4-13(18)5-3-12/h2-5,9H,6-7,10H2,1H3. The zero-order valence-electron chi connectivity index (χ0n) is 12.5. The van der Waals surface area contributed by atoms with Crippen LogP contribution >= 0.6 is 22.9 Å². The summed E-state index contributed by atoms with van der Waals surface area (Å²) in [5.41, 5.74) is 2.60. The summed E-state index contributed by atoms with van der Waals surface area (Å²) in [7, 11) is 0. The largest absolute Gasteiger partial charge is 0.337 e. The number of halogens is 1. The number of thiophene rings is 1. The number of hydrogen-bond acceptors (Lipinski definition) is 4. The number of rotatable bonds is 2. The molecule has 1 amide bonds. The van der Waals surface area contributed by atoms with E-state index in [0.29, 0.717) is 35.1 Å². The van der Waals surface area contributed by atoms with E-state index in [1.165, 1.54) is 11.3 Å². The molecule has 0 saturated carbocycles. The van der Waals surface area contributed by atoms with Crippen molar-refractivity contribution in [1.29, 1.82) is 5.26 Å². The van der Waals surface area contributed by atoms with Crippen LogP contribution in [0.25, 0.3) is 0 Å². The van der Waals surface area contributed by atoms with Gasteiger partial charge in [0.05, 0.1) is 12.1 Å². The lowest BCUT2D eigenvalue weighted by Gasteiger charge is -2.25. The van der Waals surface area contributed by atoms with E-state index >= 15 is 0 Å². The van der Waals surface area contributed by atoms with Crippen LogP contribution < -0.4 is 0 Å². The molecule has 2 heterocycles. The molecule has 0 radical (unpaired) electrons. The second-order valence-corrected chi connectivity index (χ2v) is 6.82. The summed E-state index contributed by atoms with van der Waals surface area (Å²) in [6, 6.07) is 9.63. The summed E-state index contributed by atoms with van der Waals surface area (Å²) in [4.78, 5) is 18.9. The molecule has 0 unspecified atom stereocenters. The van der Waals surface area contributed by atoms with Crippen molar-refractivity contribution in [3.63, 3.8) is 0 Å². The molecule has 23 heavy (non-hydrogen) atoms. The van der Waals surface area contributed by atoms with Gasteiger partial charge in [-0.05, 0) is 29.7 Å². The molecule has 0 spiro atoms. The van der Waals surface area contributed by atoms with Gasteiger partial charge in [0.25, 0.3) is 0 Å². The number of nitriles is 1. The molecule has 0 saturated heterocycles. The van der Waals surface area contributed by atoms with Crippen LogP contribution in [-0.4, -0.2) is 23.6 Å². The number of nitrogens with zero attached hydrogens (tertiary/aromatic N) is 3. The molecule has 0 fully saturated rings. The summed E-state index contributed by atoms with van der Waals surface area (Å²) >= 11 is 7.36. The first-order valence-corrected chi connectivity index (χ1v) is 8.37. The minimum atomic E-state index is 0.0637. The minimum Gasteiger partial charge on any atom is -0.337 e. The highest BCUT2D eigenvalue weighted by molar-refractivity contribution is 7.16. The van der Waals surface area contributed by atoms with Crippen molar-refractivity contribution < 1.29 is 4.79 Å². The molecule has 1 aliphatic rings. The fourth-order valence-corrected chi connectivity index (χ4v) is 3.83. The number of hydrogen-bond donors (Lipinski definition) is 0. The predicted molar refractivity (Wildman–Crippen MR) is 92.5 cm³/mol. The molecule has 1 aliphatic heterocycles. The maximum Gasteiger partial charge on any atom is 0.219 e. The lowest BCUT2D eigenvalue weighted by Crippen LogP contribution is -2.33. The lowest BCUT2D eigenvalue weighted by molar-refractivity contribution is -0.129. The van der Waals surface area contributed by atoms with Crippen LogP contribution in [0.15, 0.2) is 29.3 Å². The van der Waals surface area contributed by atoms with Gasteiger partial charge in [0.1, 0.15) is 11.1 Å². The normalized spacial score (nSPS) is 13.9. The molecule has 1 aromatic carbocycles. The van der Waals surface area contributed by atoms with Crippen LogP contribution in [0.1, 0.15) is 28.5 Å². The van der Waals surface area contributed by atoms with Gasteiger partial charge in [-0.25, -0.2) is 4.99 Å². The van der Waals surface area contributed by atoms with Crippen molar-refractivity contribution in [2.45, 2.75) is 19.9 Å². The Bertz CT molecular complexity index is 818. The van der Waals surface area contributed by atoms with E-state index in [2.05, 4.69) is 11.1 Å². The highest BCUT2D eigenvalue weighted by Gasteiger charge is 2.25. The third kappa shape index (κ3) is 3.29. The number of fused-ring (bicyclic) bond motifs is 1. The fourth-order valence-electron chi connectivity index (χ4n) is 2.55. The van der Waals surface area contributed by atoms with Gasteiger partial charge < -0.3 is 4.90 Å². The highest BCUT2D eigenvalue weighted by atomic mass is 35.5. The lowest BCUT2D eigenvalue weighted by atomic mass is 10.0. The first-order valence-electron chi connectivity index (χ1n) is 7.18. The Labute approximate surface area is 143 Å². The molecular weight excluding hydrogens is 330 g/mol. The second kappa shape index (κ2) is 6.53. The Morgan fingerprint density at radius 3 is 2.83 bits per heavy atom. The number of benzene rings is 1. The van der Waals surface area contributed by atoms with Crippen LogP contribution in [0.5, 0.6) is 0 Å². The van der Waals surface area contributed by atoms with E-state index in [-0.39, 0.29) is 5.91 Å². The van der Waals surface area contributed by atoms with Gasteiger partial charge >= 0.3 is 0 Å². The van der Waals surface area contributed by atoms with Crippen molar-refractivity contribution in [2.75, 3.05) is 6.54 Å². The third-order valence-electron chi connectivity index (χ3n) is 3.80. The Morgan fingerprint density at radius 1 is 1.43 bits per heavy atom. The van der Waals surface area contributed by atoms with Crippen LogP contribution in [0.2, 0.25) is 5.02 Å². The van der Waals surface area contributed by atoms with Gasteiger partial charge in [-0.3, -0.25) is 4.79 Å².